The van der Waals surface area contributed by atoms with Gasteiger partial charge in [-0.25, -0.2) is 9.37 Å². The number of benzene rings is 2. The first-order chi connectivity index (χ1) is 13.7. The van der Waals surface area contributed by atoms with Gasteiger partial charge in [0.1, 0.15) is 17.3 Å². The molecule has 6 heteroatoms. The molecule has 0 amide bonds. The molecule has 28 heavy (non-hydrogen) atoms. The quantitative estimate of drug-likeness (QED) is 0.396. The van der Waals surface area contributed by atoms with E-state index in [2.05, 4.69) is 27.2 Å². The van der Waals surface area contributed by atoms with Gasteiger partial charge in [0, 0.05) is 17.0 Å². The summed E-state index contributed by atoms with van der Waals surface area (Å²) in [5.74, 6) is 0.598. The summed E-state index contributed by atoms with van der Waals surface area (Å²) in [5, 5.41) is 6.23. The van der Waals surface area contributed by atoms with Crippen LogP contribution in [-0.4, -0.2) is 15.4 Å². The molecule has 142 valence electrons. The van der Waals surface area contributed by atoms with Crippen LogP contribution >= 0.6 is 22.9 Å². The lowest BCUT2D eigenvalue weighted by Gasteiger charge is -2.16. The molecule has 0 radical (unpaired) electrons. The predicted octanol–water partition coefficient (Wildman–Crippen LogP) is 6.88. The molecule has 0 unspecified atom stereocenters. The summed E-state index contributed by atoms with van der Waals surface area (Å²) < 4.78 is 15.8. The Labute approximate surface area is 171 Å². The fraction of sp³-hybridized carbons (Fsp3) is 0.227. The first kappa shape index (κ1) is 17.7. The van der Waals surface area contributed by atoms with Crippen LogP contribution in [0.4, 0.5) is 10.2 Å². The van der Waals surface area contributed by atoms with Crippen molar-refractivity contribution in [1.82, 2.24) is 9.38 Å². The highest BCUT2D eigenvalue weighted by molar-refractivity contribution is 7.15. The highest BCUT2D eigenvalue weighted by Gasteiger charge is 2.24. The number of nitrogens with zero attached hydrogens (tertiary/aromatic N) is 2. The monoisotopic (exact) mass is 411 g/mol. The van der Waals surface area contributed by atoms with Gasteiger partial charge in [0.05, 0.1) is 10.7 Å². The number of hydrogen-bond acceptors (Lipinski definition) is 3. The van der Waals surface area contributed by atoms with E-state index in [4.69, 9.17) is 16.6 Å². The molecule has 0 saturated heterocycles. The molecule has 1 aliphatic carbocycles. The molecule has 5 rings (SSSR count). The Bertz CT molecular complexity index is 1130. The number of aromatic nitrogens is 2. The number of anilines is 1. The molecule has 2 aromatic carbocycles. The van der Waals surface area contributed by atoms with Crippen molar-refractivity contribution < 1.29 is 4.39 Å². The maximum Gasteiger partial charge on any atom is 0.196 e. The maximum absolute atomic E-state index is 13.6. The van der Waals surface area contributed by atoms with Crippen LogP contribution in [0.25, 0.3) is 27.5 Å². The lowest BCUT2D eigenvalue weighted by Crippen LogP contribution is -2.16. The largest absolute Gasteiger partial charge is 0.367 e. The lowest BCUT2D eigenvalue weighted by molar-refractivity contribution is 0.628. The summed E-state index contributed by atoms with van der Waals surface area (Å²) in [4.78, 5) is 5.77. The minimum atomic E-state index is -0.343. The SMILES string of the molecule is Fc1ccc(-c2nc3scc(-c4ccccc4)n3c2NC2CCCC2)c(Cl)c1. The topological polar surface area (TPSA) is 29.3 Å². The third-order valence-electron chi connectivity index (χ3n) is 5.32. The highest BCUT2D eigenvalue weighted by Crippen LogP contribution is 2.39. The van der Waals surface area contributed by atoms with Crippen LogP contribution in [0.1, 0.15) is 25.7 Å². The molecule has 2 heterocycles. The van der Waals surface area contributed by atoms with Gasteiger partial charge in [0.25, 0.3) is 0 Å². The van der Waals surface area contributed by atoms with Gasteiger partial charge in [-0.15, -0.1) is 11.3 Å². The Kier molecular flexibility index (Phi) is 4.57. The predicted molar refractivity (Wildman–Crippen MR) is 115 cm³/mol. The van der Waals surface area contributed by atoms with Crippen molar-refractivity contribution in [3.8, 4) is 22.5 Å². The van der Waals surface area contributed by atoms with E-state index < -0.39 is 0 Å². The zero-order valence-electron chi connectivity index (χ0n) is 15.2. The molecule has 3 nitrogen and oxygen atoms in total. The number of imidazole rings is 1. The highest BCUT2D eigenvalue weighted by atomic mass is 35.5. The van der Waals surface area contributed by atoms with Gasteiger partial charge >= 0.3 is 0 Å². The van der Waals surface area contributed by atoms with E-state index in [0.717, 1.165) is 46.1 Å². The average Bonchev–Trinajstić information content (AvgIpc) is 3.41. The second-order valence-electron chi connectivity index (χ2n) is 7.16. The second-order valence-corrected chi connectivity index (χ2v) is 8.41. The van der Waals surface area contributed by atoms with E-state index in [1.165, 1.54) is 25.0 Å². The van der Waals surface area contributed by atoms with Crippen LogP contribution in [0.15, 0.2) is 53.9 Å². The summed E-state index contributed by atoms with van der Waals surface area (Å²) in [5.41, 5.74) is 3.76. The Morgan fingerprint density at radius 3 is 2.64 bits per heavy atom. The molecule has 0 bridgehead atoms. The molecule has 2 aromatic heterocycles. The number of thiazole rings is 1. The molecule has 1 saturated carbocycles. The van der Waals surface area contributed by atoms with Crippen molar-refractivity contribution >= 4 is 33.7 Å². The molecule has 4 aromatic rings. The maximum atomic E-state index is 13.6. The minimum Gasteiger partial charge on any atom is -0.367 e. The van der Waals surface area contributed by atoms with Gasteiger partial charge in [0.15, 0.2) is 4.96 Å². The number of fused-ring (bicyclic) bond motifs is 1. The third-order valence-corrected chi connectivity index (χ3v) is 6.45. The Morgan fingerprint density at radius 1 is 1.11 bits per heavy atom. The van der Waals surface area contributed by atoms with Crippen LogP contribution < -0.4 is 5.32 Å². The molecule has 1 fully saturated rings. The van der Waals surface area contributed by atoms with Crippen molar-refractivity contribution in [3.05, 3.63) is 64.8 Å². The number of halogens is 2. The van der Waals surface area contributed by atoms with Crippen LogP contribution in [0.2, 0.25) is 5.02 Å². The summed E-state index contributed by atoms with van der Waals surface area (Å²) in [6.45, 7) is 0. The van der Waals surface area contributed by atoms with Gasteiger partial charge in [-0.2, -0.15) is 0 Å². The number of hydrogen-bond donors (Lipinski definition) is 1. The van der Waals surface area contributed by atoms with Crippen LogP contribution in [0.3, 0.4) is 0 Å². The standard InChI is InChI=1S/C22H19ClFN3S/c23-18-12-15(24)10-11-17(18)20-21(25-16-8-4-5-9-16)27-19(13-28-22(27)26-20)14-6-2-1-3-7-14/h1-3,6-7,10-13,16,25H,4-5,8-9H2. The van der Waals surface area contributed by atoms with Gasteiger partial charge < -0.3 is 5.32 Å². The first-order valence-electron chi connectivity index (χ1n) is 9.48. The zero-order valence-corrected chi connectivity index (χ0v) is 16.7. The molecule has 0 aliphatic heterocycles. The molecular weight excluding hydrogens is 393 g/mol. The van der Waals surface area contributed by atoms with Crippen molar-refractivity contribution in [3.63, 3.8) is 0 Å². The van der Waals surface area contributed by atoms with Crippen molar-refractivity contribution in [2.75, 3.05) is 5.32 Å². The van der Waals surface area contributed by atoms with Gasteiger partial charge in [-0.1, -0.05) is 54.8 Å². The van der Waals surface area contributed by atoms with Crippen LogP contribution in [0.5, 0.6) is 0 Å². The van der Waals surface area contributed by atoms with E-state index in [0.29, 0.717) is 11.1 Å². The Balaban J connectivity index is 1.72. The van der Waals surface area contributed by atoms with E-state index >= 15 is 0 Å². The normalized spacial score (nSPS) is 14.8. The number of nitrogens with one attached hydrogen (secondary N) is 1. The molecule has 1 aliphatic rings. The van der Waals surface area contributed by atoms with Crippen molar-refractivity contribution in [2.45, 2.75) is 31.7 Å². The summed E-state index contributed by atoms with van der Waals surface area (Å²) in [6, 6.07) is 15.2. The van der Waals surface area contributed by atoms with Gasteiger partial charge in [-0.3, -0.25) is 4.40 Å². The molecule has 1 N–H and O–H groups in total. The summed E-state index contributed by atoms with van der Waals surface area (Å²) >= 11 is 7.99. The molecule has 0 atom stereocenters. The Morgan fingerprint density at radius 2 is 1.89 bits per heavy atom. The zero-order chi connectivity index (χ0) is 19.1. The molecular formula is C22H19ClFN3S. The van der Waals surface area contributed by atoms with E-state index in [9.17, 15) is 4.39 Å². The van der Waals surface area contributed by atoms with E-state index in [-0.39, 0.29) is 5.82 Å². The second kappa shape index (κ2) is 7.22. The minimum absolute atomic E-state index is 0.343. The fourth-order valence-corrected chi connectivity index (χ4v) is 5.09. The first-order valence-corrected chi connectivity index (χ1v) is 10.7. The van der Waals surface area contributed by atoms with Crippen LogP contribution in [-0.2, 0) is 0 Å². The van der Waals surface area contributed by atoms with E-state index in [1.807, 2.05) is 18.2 Å². The smallest absolute Gasteiger partial charge is 0.196 e. The number of rotatable bonds is 4. The summed E-state index contributed by atoms with van der Waals surface area (Å²) in [6.07, 6.45) is 4.77. The Hall–Kier alpha value is -2.37. The van der Waals surface area contributed by atoms with Gasteiger partial charge in [0.2, 0.25) is 0 Å². The van der Waals surface area contributed by atoms with Crippen molar-refractivity contribution in [1.29, 1.82) is 0 Å². The third kappa shape index (κ3) is 3.09. The van der Waals surface area contributed by atoms with Crippen molar-refractivity contribution in [2.24, 2.45) is 0 Å². The average molecular weight is 412 g/mol. The fourth-order valence-electron chi connectivity index (χ4n) is 3.94. The van der Waals surface area contributed by atoms with Gasteiger partial charge in [-0.05, 0) is 36.6 Å². The summed E-state index contributed by atoms with van der Waals surface area (Å²) in [7, 11) is 0. The lowest BCUT2D eigenvalue weighted by atomic mass is 10.1. The molecule has 0 spiro atoms. The van der Waals surface area contributed by atoms with Crippen LogP contribution in [0, 0.1) is 5.82 Å². The van der Waals surface area contributed by atoms with E-state index in [1.54, 1.807) is 17.4 Å².